The van der Waals surface area contributed by atoms with Crippen molar-refractivity contribution in [2.75, 3.05) is 19.7 Å². The summed E-state index contributed by atoms with van der Waals surface area (Å²) in [6.45, 7) is 5.08. The van der Waals surface area contributed by atoms with Crippen LogP contribution < -0.4 is 5.32 Å². The second-order valence-corrected chi connectivity index (χ2v) is 9.76. The molecule has 2 amide bonds. The maximum atomic E-state index is 12.8. The Hall–Kier alpha value is -3.35. The molecule has 2 N–H and O–H groups in total. The van der Waals surface area contributed by atoms with Crippen molar-refractivity contribution < 1.29 is 24.2 Å². The van der Waals surface area contributed by atoms with Gasteiger partial charge in [0.1, 0.15) is 6.61 Å². The fourth-order valence-corrected chi connectivity index (χ4v) is 5.41. The Morgan fingerprint density at radius 1 is 1.09 bits per heavy atom. The van der Waals surface area contributed by atoms with Gasteiger partial charge in [-0.15, -0.1) is 0 Å². The molecule has 1 aliphatic heterocycles. The van der Waals surface area contributed by atoms with E-state index < -0.39 is 18.0 Å². The highest BCUT2D eigenvalue weighted by Gasteiger charge is 2.35. The van der Waals surface area contributed by atoms with Crippen LogP contribution in [0.5, 0.6) is 0 Å². The van der Waals surface area contributed by atoms with Crippen LogP contribution in [0.1, 0.15) is 56.6 Å². The molecule has 0 bridgehead atoms. The Balaban J connectivity index is 1.21. The quantitative estimate of drug-likeness (QED) is 0.576. The molecule has 3 atom stereocenters. The Kier molecular flexibility index (Phi) is 7.73. The molecule has 1 unspecified atom stereocenters. The van der Waals surface area contributed by atoms with E-state index in [1.807, 2.05) is 38.1 Å². The van der Waals surface area contributed by atoms with Crippen molar-refractivity contribution in [3.63, 3.8) is 0 Å². The fourth-order valence-electron chi connectivity index (χ4n) is 5.41. The first kappa shape index (κ1) is 24.8. The van der Waals surface area contributed by atoms with Crippen molar-refractivity contribution in [3.05, 3.63) is 59.7 Å². The zero-order valence-electron chi connectivity index (χ0n) is 20.4. The number of fused-ring (bicyclic) bond motifs is 3. The number of rotatable bonds is 8. The minimum absolute atomic E-state index is 0.0166. The summed E-state index contributed by atoms with van der Waals surface area (Å²) in [5, 5.41) is 12.2. The van der Waals surface area contributed by atoms with E-state index in [0.29, 0.717) is 38.8 Å². The van der Waals surface area contributed by atoms with Gasteiger partial charge < -0.3 is 20.1 Å². The Morgan fingerprint density at radius 3 is 2.34 bits per heavy atom. The number of likely N-dealkylation sites (tertiary alicyclic amines) is 1. The van der Waals surface area contributed by atoms with E-state index in [1.54, 1.807) is 4.90 Å². The Labute approximate surface area is 206 Å². The van der Waals surface area contributed by atoms with Gasteiger partial charge in [-0.3, -0.25) is 9.59 Å². The molecular weight excluding hydrogens is 444 g/mol. The summed E-state index contributed by atoms with van der Waals surface area (Å²) in [4.78, 5) is 38.2. The number of piperidine rings is 1. The molecule has 1 fully saturated rings. The first-order chi connectivity index (χ1) is 16.9. The SMILES string of the molecule is CC(CCNC(=O)OCC1c2ccccc2-c2ccccc21)CC(=O)N1CCC[C@@H](C(=O)O)[C@H]1C. The van der Waals surface area contributed by atoms with Crippen LogP contribution in [0, 0.1) is 11.8 Å². The summed E-state index contributed by atoms with van der Waals surface area (Å²) in [7, 11) is 0. The van der Waals surface area contributed by atoms with Gasteiger partial charge in [-0.05, 0) is 54.4 Å². The van der Waals surface area contributed by atoms with Gasteiger partial charge in [0.05, 0.1) is 5.92 Å². The average molecular weight is 479 g/mol. The molecule has 2 aromatic carbocycles. The van der Waals surface area contributed by atoms with Crippen LogP contribution in [0.3, 0.4) is 0 Å². The van der Waals surface area contributed by atoms with Crippen molar-refractivity contribution in [2.24, 2.45) is 11.8 Å². The van der Waals surface area contributed by atoms with E-state index in [4.69, 9.17) is 4.74 Å². The second kappa shape index (κ2) is 10.9. The molecule has 0 spiro atoms. The molecule has 1 heterocycles. The van der Waals surface area contributed by atoms with Crippen LogP contribution >= 0.6 is 0 Å². The van der Waals surface area contributed by atoms with E-state index >= 15 is 0 Å². The van der Waals surface area contributed by atoms with Gasteiger partial charge in [0.2, 0.25) is 5.91 Å². The fraction of sp³-hybridized carbons (Fsp3) is 0.464. The number of carbonyl (C=O) groups is 3. The summed E-state index contributed by atoms with van der Waals surface area (Å²) in [5.41, 5.74) is 4.72. The van der Waals surface area contributed by atoms with Gasteiger partial charge in [0.25, 0.3) is 0 Å². The molecule has 2 aromatic rings. The van der Waals surface area contributed by atoms with Crippen molar-refractivity contribution in [3.8, 4) is 11.1 Å². The molecule has 0 saturated carbocycles. The number of hydrogen-bond donors (Lipinski definition) is 2. The highest BCUT2D eigenvalue weighted by Crippen LogP contribution is 2.44. The van der Waals surface area contributed by atoms with E-state index in [9.17, 15) is 19.5 Å². The average Bonchev–Trinajstić information content (AvgIpc) is 3.16. The minimum atomic E-state index is -0.838. The molecule has 1 aliphatic carbocycles. The normalized spacial score (nSPS) is 20.0. The monoisotopic (exact) mass is 478 g/mol. The number of aliphatic carboxylic acids is 1. The molecule has 1 saturated heterocycles. The summed E-state index contributed by atoms with van der Waals surface area (Å²) in [6.07, 6.45) is 1.84. The smallest absolute Gasteiger partial charge is 0.407 e. The van der Waals surface area contributed by atoms with Crippen LogP contribution in [-0.4, -0.2) is 53.7 Å². The van der Waals surface area contributed by atoms with E-state index in [1.165, 1.54) is 22.3 Å². The molecule has 2 aliphatic rings. The number of ether oxygens (including phenoxy) is 1. The van der Waals surface area contributed by atoms with Crippen LogP contribution in [0.15, 0.2) is 48.5 Å². The zero-order valence-corrected chi connectivity index (χ0v) is 20.4. The van der Waals surface area contributed by atoms with Gasteiger partial charge in [-0.1, -0.05) is 55.5 Å². The van der Waals surface area contributed by atoms with Gasteiger partial charge >= 0.3 is 12.1 Å². The zero-order chi connectivity index (χ0) is 24.9. The number of amides is 2. The van der Waals surface area contributed by atoms with Gasteiger partial charge in [0.15, 0.2) is 0 Å². The topological polar surface area (TPSA) is 95.9 Å². The number of benzene rings is 2. The Morgan fingerprint density at radius 2 is 1.71 bits per heavy atom. The number of nitrogens with zero attached hydrogens (tertiary/aromatic N) is 1. The molecule has 186 valence electrons. The molecule has 0 aromatic heterocycles. The number of hydrogen-bond acceptors (Lipinski definition) is 4. The third kappa shape index (κ3) is 5.50. The first-order valence-corrected chi connectivity index (χ1v) is 12.5. The lowest BCUT2D eigenvalue weighted by atomic mass is 9.89. The van der Waals surface area contributed by atoms with Crippen LogP contribution in [0.25, 0.3) is 11.1 Å². The molecule has 7 nitrogen and oxygen atoms in total. The second-order valence-electron chi connectivity index (χ2n) is 9.76. The lowest BCUT2D eigenvalue weighted by Gasteiger charge is -2.38. The molecule has 7 heteroatoms. The van der Waals surface area contributed by atoms with Crippen molar-refractivity contribution in [2.45, 2.75) is 51.5 Å². The number of carboxylic acid groups (broad SMARTS) is 1. The highest BCUT2D eigenvalue weighted by atomic mass is 16.5. The van der Waals surface area contributed by atoms with Gasteiger partial charge in [-0.25, -0.2) is 4.79 Å². The maximum Gasteiger partial charge on any atom is 0.407 e. The summed E-state index contributed by atoms with van der Waals surface area (Å²) < 4.78 is 5.57. The predicted octanol–water partition coefficient (Wildman–Crippen LogP) is 4.65. The van der Waals surface area contributed by atoms with E-state index in [-0.39, 0.29) is 30.4 Å². The Bertz CT molecular complexity index is 1040. The van der Waals surface area contributed by atoms with Crippen molar-refractivity contribution >= 4 is 18.0 Å². The summed E-state index contributed by atoms with van der Waals surface area (Å²) in [6, 6.07) is 16.1. The lowest BCUT2D eigenvalue weighted by Crippen LogP contribution is -2.49. The first-order valence-electron chi connectivity index (χ1n) is 12.5. The van der Waals surface area contributed by atoms with Crippen LogP contribution in [0.4, 0.5) is 4.79 Å². The molecule has 0 radical (unpaired) electrons. The standard InChI is InChI=1S/C28H34N2O5/c1-18(16-26(31)30-15-7-12-20(19(30)2)27(32)33)13-14-29-28(34)35-17-25-23-10-5-3-8-21(23)22-9-4-6-11-24(22)25/h3-6,8-11,18-20,25H,7,12-17H2,1-2H3,(H,29,34)(H,32,33)/t18?,19-,20-/m1/s1. The predicted molar refractivity (Wildman–Crippen MR) is 133 cm³/mol. The highest BCUT2D eigenvalue weighted by molar-refractivity contribution is 5.80. The van der Waals surface area contributed by atoms with E-state index in [2.05, 4.69) is 29.6 Å². The molecular formula is C28H34N2O5. The van der Waals surface area contributed by atoms with Gasteiger partial charge in [0, 0.05) is 31.5 Å². The number of nitrogens with one attached hydrogen (secondary N) is 1. The van der Waals surface area contributed by atoms with Crippen molar-refractivity contribution in [1.82, 2.24) is 10.2 Å². The van der Waals surface area contributed by atoms with Gasteiger partial charge in [-0.2, -0.15) is 0 Å². The summed E-state index contributed by atoms with van der Waals surface area (Å²) >= 11 is 0. The third-order valence-corrected chi connectivity index (χ3v) is 7.40. The number of carboxylic acids is 1. The van der Waals surface area contributed by atoms with Crippen molar-refractivity contribution in [1.29, 1.82) is 0 Å². The number of alkyl carbamates (subject to hydrolysis) is 1. The summed E-state index contributed by atoms with van der Waals surface area (Å²) in [5.74, 6) is -1.27. The number of carbonyl (C=O) groups excluding carboxylic acids is 2. The molecule has 35 heavy (non-hydrogen) atoms. The molecule has 4 rings (SSSR count). The third-order valence-electron chi connectivity index (χ3n) is 7.40. The maximum absolute atomic E-state index is 12.8. The largest absolute Gasteiger partial charge is 0.481 e. The lowest BCUT2D eigenvalue weighted by molar-refractivity contribution is -0.149. The minimum Gasteiger partial charge on any atom is -0.481 e. The van der Waals surface area contributed by atoms with Crippen LogP contribution in [0.2, 0.25) is 0 Å². The van der Waals surface area contributed by atoms with E-state index in [0.717, 1.165) is 0 Å². The van der Waals surface area contributed by atoms with Crippen LogP contribution in [-0.2, 0) is 14.3 Å².